The molecule has 0 spiro atoms. The molecule has 0 aliphatic heterocycles. The Morgan fingerprint density at radius 1 is 1.11 bits per heavy atom. The van der Waals surface area contributed by atoms with E-state index in [1.165, 1.54) is 0 Å². The maximum absolute atomic E-state index is 9.32. The van der Waals surface area contributed by atoms with Crippen LogP contribution in [0.4, 0.5) is 5.69 Å². The van der Waals surface area contributed by atoms with Crippen LogP contribution in [0.3, 0.4) is 0 Å². The topological polar surface area (TPSA) is 49.5 Å². The third kappa shape index (κ3) is 3.19. The summed E-state index contributed by atoms with van der Waals surface area (Å²) in [7, 11) is 1.98. The van der Waals surface area contributed by atoms with E-state index in [2.05, 4.69) is 4.90 Å². The van der Waals surface area contributed by atoms with Crippen molar-refractivity contribution in [3.8, 4) is 5.75 Å². The fourth-order valence-corrected chi connectivity index (χ4v) is 2.20. The standard InChI is InChI=1S/C15H17ClN2O/c1-18(13-6-8-14(19)9-7-13)15(10-17)11-2-4-12(16)5-3-11/h2-9,15,19H,10,17H2,1H3. The highest BCUT2D eigenvalue weighted by atomic mass is 35.5. The van der Waals surface area contributed by atoms with Crippen molar-refractivity contribution in [2.24, 2.45) is 5.73 Å². The Hall–Kier alpha value is -1.71. The van der Waals surface area contributed by atoms with Gasteiger partial charge in [-0.1, -0.05) is 23.7 Å². The van der Waals surface area contributed by atoms with Crippen molar-refractivity contribution in [2.45, 2.75) is 6.04 Å². The van der Waals surface area contributed by atoms with Gasteiger partial charge in [0.1, 0.15) is 5.75 Å². The summed E-state index contributed by atoms with van der Waals surface area (Å²) in [6.07, 6.45) is 0. The monoisotopic (exact) mass is 276 g/mol. The zero-order valence-electron chi connectivity index (χ0n) is 10.8. The molecule has 0 aliphatic carbocycles. The zero-order valence-corrected chi connectivity index (χ0v) is 11.5. The van der Waals surface area contributed by atoms with Gasteiger partial charge >= 0.3 is 0 Å². The van der Waals surface area contributed by atoms with Gasteiger partial charge in [0.25, 0.3) is 0 Å². The minimum Gasteiger partial charge on any atom is -0.508 e. The summed E-state index contributed by atoms with van der Waals surface area (Å²) in [6, 6.07) is 14.8. The van der Waals surface area contributed by atoms with Gasteiger partial charge < -0.3 is 15.7 Å². The molecular formula is C15H17ClN2O. The van der Waals surface area contributed by atoms with Crippen LogP contribution < -0.4 is 10.6 Å². The van der Waals surface area contributed by atoms with E-state index in [4.69, 9.17) is 17.3 Å². The quantitative estimate of drug-likeness (QED) is 0.902. The van der Waals surface area contributed by atoms with Gasteiger partial charge in [-0.2, -0.15) is 0 Å². The highest BCUT2D eigenvalue weighted by molar-refractivity contribution is 6.30. The van der Waals surface area contributed by atoms with E-state index in [0.29, 0.717) is 11.6 Å². The molecule has 0 amide bonds. The van der Waals surface area contributed by atoms with Crippen LogP contribution in [0.1, 0.15) is 11.6 Å². The molecule has 0 saturated heterocycles. The Balaban J connectivity index is 2.26. The second kappa shape index (κ2) is 5.95. The summed E-state index contributed by atoms with van der Waals surface area (Å²) in [4.78, 5) is 2.09. The molecule has 0 aliphatic rings. The molecule has 0 heterocycles. The van der Waals surface area contributed by atoms with E-state index in [9.17, 15) is 5.11 Å². The average molecular weight is 277 g/mol. The van der Waals surface area contributed by atoms with Crippen molar-refractivity contribution in [1.29, 1.82) is 0 Å². The maximum Gasteiger partial charge on any atom is 0.115 e. The highest BCUT2D eigenvalue weighted by Crippen LogP contribution is 2.27. The first-order chi connectivity index (χ1) is 9.11. The third-order valence-corrected chi connectivity index (χ3v) is 3.45. The molecule has 0 radical (unpaired) electrons. The lowest BCUT2D eigenvalue weighted by Crippen LogP contribution is -2.30. The van der Waals surface area contributed by atoms with Gasteiger partial charge in [0.05, 0.1) is 6.04 Å². The number of phenolic OH excluding ortho intramolecular Hbond substituents is 1. The first-order valence-corrected chi connectivity index (χ1v) is 6.47. The molecule has 3 nitrogen and oxygen atoms in total. The molecule has 19 heavy (non-hydrogen) atoms. The summed E-state index contributed by atoms with van der Waals surface area (Å²) in [5, 5.41) is 10.0. The number of aromatic hydroxyl groups is 1. The van der Waals surface area contributed by atoms with Gasteiger partial charge in [0, 0.05) is 24.3 Å². The molecular weight excluding hydrogens is 260 g/mol. The van der Waals surface area contributed by atoms with Crippen molar-refractivity contribution in [3.63, 3.8) is 0 Å². The number of nitrogens with zero attached hydrogens (tertiary/aromatic N) is 1. The second-order valence-corrected chi connectivity index (χ2v) is 4.87. The van der Waals surface area contributed by atoms with Crippen LogP contribution >= 0.6 is 11.6 Å². The van der Waals surface area contributed by atoms with Gasteiger partial charge in [-0.05, 0) is 42.0 Å². The molecule has 2 aromatic rings. The van der Waals surface area contributed by atoms with Crippen molar-refractivity contribution < 1.29 is 5.11 Å². The molecule has 0 saturated carbocycles. The Bertz CT molecular complexity index is 525. The van der Waals surface area contributed by atoms with E-state index in [1.807, 2.05) is 43.4 Å². The van der Waals surface area contributed by atoms with E-state index in [0.717, 1.165) is 11.3 Å². The number of nitrogens with two attached hydrogens (primary N) is 1. The number of anilines is 1. The van der Waals surface area contributed by atoms with Crippen molar-refractivity contribution in [1.82, 2.24) is 0 Å². The molecule has 2 rings (SSSR count). The number of phenols is 1. The smallest absolute Gasteiger partial charge is 0.115 e. The molecule has 1 unspecified atom stereocenters. The van der Waals surface area contributed by atoms with E-state index < -0.39 is 0 Å². The number of likely N-dealkylation sites (N-methyl/N-ethyl adjacent to an activating group) is 1. The summed E-state index contributed by atoms with van der Waals surface area (Å²) in [5.74, 6) is 0.257. The number of hydrogen-bond donors (Lipinski definition) is 2. The summed E-state index contributed by atoms with van der Waals surface area (Å²) in [5.41, 5.74) is 8.00. The molecule has 0 bridgehead atoms. The van der Waals surface area contributed by atoms with Crippen LogP contribution in [0.15, 0.2) is 48.5 Å². The summed E-state index contributed by atoms with van der Waals surface area (Å²) < 4.78 is 0. The molecule has 100 valence electrons. The van der Waals surface area contributed by atoms with E-state index in [1.54, 1.807) is 12.1 Å². The van der Waals surface area contributed by atoms with Gasteiger partial charge in [0.2, 0.25) is 0 Å². The Morgan fingerprint density at radius 3 is 2.21 bits per heavy atom. The minimum atomic E-state index is 0.0711. The molecule has 1 atom stereocenters. The third-order valence-electron chi connectivity index (χ3n) is 3.20. The summed E-state index contributed by atoms with van der Waals surface area (Å²) in [6.45, 7) is 0.499. The van der Waals surface area contributed by atoms with Crippen LogP contribution in [0.25, 0.3) is 0 Å². The Labute approximate surface area is 118 Å². The SMILES string of the molecule is CN(c1ccc(O)cc1)C(CN)c1ccc(Cl)cc1. The average Bonchev–Trinajstić information content (AvgIpc) is 2.42. The second-order valence-electron chi connectivity index (χ2n) is 4.43. The van der Waals surface area contributed by atoms with E-state index >= 15 is 0 Å². The lowest BCUT2D eigenvalue weighted by molar-refractivity contribution is 0.475. The first kappa shape index (κ1) is 13.7. The van der Waals surface area contributed by atoms with Crippen LogP contribution in [0.5, 0.6) is 5.75 Å². The molecule has 0 aromatic heterocycles. The number of halogens is 1. The predicted molar refractivity (Wildman–Crippen MR) is 79.8 cm³/mol. The molecule has 0 fully saturated rings. The van der Waals surface area contributed by atoms with Crippen LogP contribution in [-0.4, -0.2) is 18.7 Å². The van der Waals surface area contributed by atoms with Gasteiger partial charge in [-0.3, -0.25) is 0 Å². The van der Waals surface area contributed by atoms with Crippen molar-refractivity contribution in [3.05, 3.63) is 59.1 Å². The number of hydrogen-bond acceptors (Lipinski definition) is 3. The van der Waals surface area contributed by atoms with Gasteiger partial charge in [0.15, 0.2) is 0 Å². The first-order valence-electron chi connectivity index (χ1n) is 6.09. The largest absolute Gasteiger partial charge is 0.508 e. The fraction of sp³-hybridized carbons (Fsp3) is 0.200. The van der Waals surface area contributed by atoms with Crippen molar-refractivity contribution in [2.75, 3.05) is 18.5 Å². The fourth-order valence-electron chi connectivity index (χ4n) is 2.07. The van der Waals surface area contributed by atoms with Gasteiger partial charge in [-0.25, -0.2) is 0 Å². The normalized spacial score (nSPS) is 12.2. The molecule has 4 heteroatoms. The summed E-state index contributed by atoms with van der Waals surface area (Å²) >= 11 is 5.90. The minimum absolute atomic E-state index is 0.0711. The van der Waals surface area contributed by atoms with Crippen LogP contribution in [-0.2, 0) is 0 Å². The molecule has 2 aromatic carbocycles. The Morgan fingerprint density at radius 2 is 1.68 bits per heavy atom. The van der Waals surface area contributed by atoms with Crippen molar-refractivity contribution >= 4 is 17.3 Å². The van der Waals surface area contributed by atoms with E-state index in [-0.39, 0.29) is 11.8 Å². The predicted octanol–water partition coefficient (Wildman–Crippen LogP) is 3.18. The lowest BCUT2D eigenvalue weighted by Gasteiger charge is -2.29. The number of rotatable bonds is 4. The maximum atomic E-state index is 9.32. The lowest BCUT2D eigenvalue weighted by atomic mass is 10.1. The Kier molecular flexibility index (Phi) is 4.30. The highest BCUT2D eigenvalue weighted by Gasteiger charge is 2.15. The number of benzene rings is 2. The van der Waals surface area contributed by atoms with Gasteiger partial charge in [-0.15, -0.1) is 0 Å². The molecule has 3 N–H and O–H groups in total. The van der Waals surface area contributed by atoms with Crippen LogP contribution in [0.2, 0.25) is 5.02 Å². The zero-order chi connectivity index (χ0) is 13.8. The van der Waals surface area contributed by atoms with Crippen LogP contribution in [0, 0.1) is 0 Å².